The molecule has 1 aliphatic heterocycles. The van der Waals surface area contributed by atoms with Crippen LogP contribution in [0.25, 0.3) is 11.5 Å². The highest BCUT2D eigenvalue weighted by Gasteiger charge is 2.21. The molecule has 28 heavy (non-hydrogen) atoms. The van der Waals surface area contributed by atoms with E-state index >= 15 is 0 Å². The molecule has 1 aliphatic rings. The summed E-state index contributed by atoms with van der Waals surface area (Å²) in [5.41, 5.74) is 0.868. The van der Waals surface area contributed by atoms with Crippen LogP contribution in [0.3, 0.4) is 0 Å². The number of halogens is 1. The third-order valence-electron chi connectivity index (χ3n) is 5.24. The molecule has 0 spiro atoms. The molecule has 0 atom stereocenters. The standard InChI is InChI=1S/C22H30FN3O2/c1-15(2)14-26-10-8-17(9-11-26)13-24-21(27)12-20-16(3)28-22(25-20)18-6-4-5-7-19(18)23/h4-7,15,17H,8-14H2,1-3H3,(H,24,27). The summed E-state index contributed by atoms with van der Waals surface area (Å²) in [7, 11) is 0. The molecule has 1 amide bonds. The number of hydrogen-bond donors (Lipinski definition) is 1. The minimum atomic E-state index is -0.386. The Bertz CT molecular complexity index is 795. The zero-order chi connectivity index (χ0) is 20.1. The van der Waals surface area contributed by atoms with Crippen molar-refractivity contribution in [3.8, 4) is 11.5 Å². The minimum absolute atomic E-state index is 0.0684. The van der Waals surface area contributed by atoms with Gasteiger partial charge in [-0.25, -0.2) is 9.37 Å². The van der Waals surface area contributed by atoms with E-state index in [1.807, 2.05) is 0 Å². The number of oxazole rings is 1. The lowest BCUT2D eigenvalue weighted by molar-refractivity contribution is -0.120. The second-order valence-electron chi connectivity index (χ2n) is 8.12. The van der Waals surface area contributed by atoms with Crippen molar-refractivity contribution in [3.63, 3.8) is 0 Å². The van der Waals surface area contributed by atoms with E-state index < -0.39 is 0 Å². The van der Waals surface area contributed by atoms with Crippen LogP contribution < -0.4 is 5.32 Å². The van der Waals surface area contributed by atoms with Gasteiger partial charge in [0.2, 0.25) is 11.8 Å². The average molecular weight is 387 g/mol. The summed E-state index contributed by atoms with van der Waals surface area (Å²) < 4.78 is 19.5. The molecular formula is C22H30FN3O2. The maximum Gasteiger partial charge on any atom is 0.229 e. The number of likely N-dealkylation sites (tertiary alicyclic amines) is 1. The fourth-order valence-electron chi connectivity index (χ4n) is 3.70. The van der Waals surface area contributed by atoms with Gasteiger partial charge >= 0.3 is 0 Å². The molecule has 1 saturated heterocycles. The fraction of sp³-hybridized carbons (Fsp3) is 0.545. The van der Waals surface area contributed by atoms with Crippen LogP contribution in [-0.2, 0) is 11.2 Å². The normalized spacial score (nSPS) is 15.9. The molecule has 3 rings (SSSR count). The number of hydrogen-bond acceptors (Lipinski definition) is 4. The Morgan fingerprint density at radius 3 is 2.71 bits per heavy atom. The lowest BCUT2D eigenvalue weighted by atomic mass is 9.96. The van der Waals surface area contributed by atoms with Gasteiger partial charge in [-0.15, -0.1) is 0 Å². The van der Waals surface area contributed by atoms with Gasteiger partial charge in [0.25, 0.3) is 0 Å². The summed E-state index contributed by atoms with van der Waals surface area (Å²) in [5, 5.41) is 3.03. The zero-order valence-electron chi connectivity index (χ0n) is 17.0. The minimum Gasteiger partial charge on any atom is -0.441 e. The molecule has 0 saturated carbocycles. The molecule has 0 aliphatic carbocycles. The quantitative estimate of drug-likeness (QED) is 0.785. The predicted octanol–water partition coefficient (Wildman–Crippen LogP) is 3.82. The third-order valence-corrected chi connectivity index (χ3v) is 5.24. The third kappa shape index (κ3) is 5.41. The topological polar surface area (TPSA) is 58.4 Å². The van der Waals surface area contributed by atoms with E-state index in [9.17, 15) is 9.18 Å². The van der Waals surface area contributed by atoms with E-state index in [0.717, 1.165) is 32.5 Å². The highest BCUT2D eigenvalue weighted by Crippen LogP contribution is 2.24. The second-order valence-corrected chi connectivity index (χ2v) is 8.12. The van der Waals surface area contributed by atoms with Crippen molar-refractivity contribution >= 4 is 5.91 Å². The van der Waals surface area contributed by atoms with Crippen LogP contribution in [0.1, 0.15) is 38.1 Å². The molecule has 5 nitrogen and oxygen atoms in total. The first-order chi connectivity index (χ1) is 13.4. The van der Waals surface area contributed by atoms with Gasteiger partial charge in [-0.1, -0.05) is 26.0 Å². The number of aromatic nitrogens is 1. The highest BCUT2D eigenvalue weighted by molar-refractivity contribution is 5.78. The first kappa shape index (κ1) is 20.5. The van der Waals surface area contributed by atoms with Gasteiger partial charge in [0.1, 0.15) is 11.6 Å². The maximum atomic E-state index is 13.9. The van der Waals surface area contributed by atoms with E-state index in [2.05, 4.69) is 29.0 Å². The van der Waals surface area contributed by atoms with Crippen molar-refractivity contribution in [1.29, 1.82) is 0 Å². The number of nitrogens with one attached hydrogen (secondary N) is 1. The lowest BCUT2D eigenvalue weighted by Gasteiger charge is -2.33. The smallest absolute Gasteiger partial charge is 0.229 e. The van der Waals surface area contributed by atoms with Crippen LogP contribution >= 0.6 is 0 Å². The molecule has 152 valence electrons. The predicted molar refractivity (Wildman–Crippen MR) is 107 cm³/mol. The van der Waals surface area contributed by atoms with Crippen LogP contribution in [-0.4, -0.2) is 42.0 Å². The summed E-state index contributed by atoms with van der Waals surface area (Å²) in [6.45, 7) is 10.3. The molecule has 1 aromatic heterocycles. The monoisotopic (exact) mass is 387 g/mol. The zero-order valence-corrected chi connectivity index (χ0v) is 17.0. The van der Waals surface area contributed by atoms with E-state index in [-0.39, 0.29) is 24.0 Å². The maximum absolute atomic E-state index is 13.9. The SMILES string of the molecule is Cc1oc(-c2ccccc2F)nc1CC(=O)NCC1CCN(CC(C)C)CC1. The van der Waals surface area contributed by atoms with Gasteiger partial charge in [0.15, 0.2) is 0 Å². The summed E-state index contributed by atoms with van der Waals surface area (Å²) >= 11 is 0. The van der Waals surface area contributed by atoms with Crippen LogP contribution in [0.2, 0.25) is 0 Å². The molecule has 0 bridgehead atoms. The summed E-state index contributed by atoms with van der Waals surface area (Å²) in [6.07, 6.45) is 2.39. The first-order valence-electron chi connectivity index (χ1n) is 10.1. The van der Waals surface area contributed by atoms with E-state index in [0.29, 0.717) is 35.4 Å². The van der Waals surface area contributed by atoms with E-state index in [4.69, 9.17) is 4.42 Å². The van der Waals surface area contributed by atoms with Gasteiger partial charge in [-0.05, 0) is 56.8 Å². The highest BCUT2D eigenvalue weighted by atomic mass is 19.1. The number of carbonyl (C=O) groups excluding carboxylic acids is 1. The Hall–Kier alpha value is -2.21. The number of piperidine rings is 1. The van der Waals surface area contributed by atoms with Gasteiger partial charge in [0, 0.05) is 13.1 Å². The molecule has 1 aromatic carbocycles. The average Bonchev–Trinajstić information content (AvgIpc) is 3.01. The molecule has 6 heteroatoms. The molecular weight excluding hydrogens is 357 g/mol. The number of benzene rings is 1. The number of carbonyl (C=O) groups is 1. The van der Waals surface area contributed by atoms with Gasteiger partial charge in [-0.3, -0.25) is 4.79 Å². The Labute approximate surface area is 166 Å². The summed E-state index contributed by atoms with van der Waals surface area (Å²) in [5.74, 6) is 1.53. The largest absolute Gasteiger partial charge is 0.441 e. The Kier molecular flexibility index (Phi) is 6.83. The van der Waals surface area contributed by atoms with Gasteiger partial charge < -0.3 is 14.6 Å². The van der Waals surface area contributed by atoms with Crippen LogP contribution in [0.15, 0.2) is 28.7 Å². The van der Waals surface area contributed by atoms with E-state index in [1.54, 1.807) is 25.1 Å². The Morgan fingerprint density at radius 2 is 2.04 bits per heavy atom. The number of amides is 1. The molecule has 0 radical (unpaired) electrons. The molecule has 0 unspecified atom stereocenters. The van der Waals surface area contributed by atoms with Gasteiger partial charge in [-0.2, -0.15) is 0 Å². The van der Waals surface area contributed by atoms with Crippen molar-refractivity contribution in [2.24, 2.45) is 11.8 Å². The van der Waals surface area contributed by atoms with E-state index in [1.165, 1.54) is 6.07 Å². The van der Waals surface area contributed by atoms with Crippen LogP contribution in [0, 0.1) is 24.6 Å². The van der Waals surface area contributed by atoms with Crippen molar-refractivity contribution in [2.75, 3.05) is 26.2 Å². The molecule has 2 aromatic rings. The fourth-order valence-corrected chi connectivity index (χ4v) is 3.70. The Balaban J connectivity index is 1.49. The molecule has 1 fully saturated rings. The Morgan fingerprint density at radius 1 is 1.32 bits per heavy atom. The van der Waals surface area contributed by atoms with Crippen molar-refractivity contribution in [3.05, 3.63) is 41.5 Å². The van der Waals surface area contributed by atoms with Crippen molar-refractivity contribution in [2.45, 2.75) is 40.0 Å². The number of rotatable bonds is 7. The lowest BCUT2D eigenvalue weighted by Crippen LogP contribution is -2.40. The first-order valence-corrected chi connectivity index (χ1v) is 10.1. The van der Waals surface area contributed by atoms with Gasteiger partial charge in [0.05, 0.1) is 17.7 Å². The van der Waals surface area contributed by atoms with Crippen LogP contribution in [0.5, 0.6) is 0 Å². The van der Waals surface area contributed by atoms with Crippen molar-refractivity contribution < 1.29 is 13.6 Å². The number of nitrogens with zero attached hydrogens (tertiary/aromatic N) is 2. The molecule has 2 heterocycles. The molecule has 1 N–H and O–H groups in total. The summed E-state index contributed by atoms with van der Waals surface area (Å²) in [6, 6.07) is 6.34. The summed E-state index contributed by atoms with van der Waals surface area (Å²) in [4.78, 5) is 19.2. The van der Waals surface area contributed by atoms with Crippen molar-refractivity contribution in [1.82, 2.24) is 15.2 Å². The van der Waals surface area contributed by atoms with Crippen LogP contribution in [0.4, 0.5) is 4.39 Å². The number of aryl methyl sites for hydroxylation is 1. The second kappa shape index (κ2) is 9.32.